The van der Waals surface area contributed by atoms with Crippen LogP contribution < -0.4 is 5.32 Å². The van der Waals surface area contributed by atoms with Crippen LogP contribution in [0.25, 0.3) is 0 Å². The van der Waals surface area contributed by atoms with E-state index in [-0.39, 0.29) is 5.75 Å². The van der Waals surface area contributed by atoms with Gasteiger partial charge in [0.2, 0.25) is 10.0 Å². The molecule has 5 heteroatoms. The molecule has 4 nitrogen and oxygen atoms in total. The smallest absolute Gasteiger partial charge is 0.218 e. The molecule has 0 spiro atoms. The van der Waals surface area contributed by atoms with Crippen molar-refractivity contribution < 1.29 is 8.42 Å². The molecular weight excluding hydrogens is 284 g/mol. The van der Waals surface area contributed by atoms with Crippen LogP contribution in [0.1, 0.15) is 31.9 Å². The molecule has 0 atom stereocenters. The SMILES string of the molecule is C=C(C)CN(CC)S(=O)(=O)Cc1cccc(CNCC)c1. The third-order valence-corrected chi connectivity index (χ3v) is 4.98. The summed E-state index contributed by atoms with van der Waals surface area (Å²) in [6, 6.07) is 7.73. The van der Waals surface area contributed by atoms with Crippen molar-refractivity contribution in [1.29, 1.82) is 0 Å². The Bertz CT molecular complexity index is 567. The minimum Gasteiger partial charge on any atom is -0.313 e. The van der Waals surface area contributed by atoms with Crippen LogP contribution in [0.2, 0.25) is 0 Å². The predicted octanol–water partition coefficient (Wildman–Crippen LogP) is 2.52. The molecule has 0 saturated carbocycles. The van der Waals surface area contributed by atoms with Crippen molar-refractivity contribution in [2.24, 2.45) is 0 Å². The number of benzene rings is 1. The molecule has 0 saturated heterocycles. The van der Waals surface area contributed by atoms with Crippen molar-refractivity contribution >= 4 is 10.0 Å². The molecule has 0 bridgehead atoms. The summed E-state index contributed by atoms with van der Waals surface area (Å²) in [5.74, 6) is 0.0358. The molecule has 21 heavy (non-hydrogen) atoms. The van der Waals surface area contributed by atoms with Crippen molar-refractivity contribution in [3.8, 4) is 0 Å². The van der Waals surface area contributed by atoms with Crippen LogP contribution in [0.5, 0.6) is 0 Å². The van der Waals surface area contributed by atoms with Gasteiger partial charge >= 0.3 is 0 Å². The van der Waals surface area contributed by atoms with E-state index < -0.39 is 10.0 Å². The van der Waals surface area contributed by atoms with Gasteiger partial charge in [-0.05, 0) is 24.6 Å². The molecule has 118 valence electrons. The Kier molecular flexibility index (Phi) is 7.08. The maximum Gasteiger partial charge on any atom is 0.218 e. The molecule has 0 amide bonds. The number of hydrogen-bond acceptors (Lipinski definition) is 3. The van der Waals surface area contributed by atoms with Gasteiger partial charge < -0.3 is 5.32 Å². The van der Waals surface area contributed by atoms with Crippen LogP contribution in [-0.4, -0.2) is 32.4 Å². The molecule has 0 heterocycles. The van der Waals surface area contributed by atoms with Gasteiger partial charge in [0.1, 0.15) is 0 Å². The number of likely N-dealkylation sites (N-methyl/N-ethyl adjacent to an activating group) is 1. The highest BCUT2D eigenvalue weighted by atomic mass is 32.2. The van der Waals surface area contributed by atoms with Crippen LogP contribution in [0.4, 0.5) is 0 Å². The highest BCUT2D eigenvalue weighted by Crippen LogP contribution is 2.14. The zero-order valence-electron chi connectivity index (χ0n) is 13.2. The van der Waals surface area contributed by atoms with E-state index in [1.165, 1.54) is 4.31 Å². The van der Waals surface area contributed by atoms with E-state index in [2.05, 4.69) is 11.9 Å². The van der Waals surface area contributed by atoms with E-state index in [1.54, 1.807) is 0 Å². The lowest BCUT2D eigenvalue weighted by atomic mass is 10.1. The van der Waals surface area contributed by atoms with Gasteiger partial charge in [0.25, 0.3) is 0 Å². The summed E-state index contributed by atoms with van der Waals surface area (Å²) in [5, 5.41) is 3.24. The number of nitrogens with zero attached hydrogens (tertiary/aromatic N) is 1. The molecule has 1 N–H and O–H groups in total. The van der Waals surface area contributed by atoms with Gasteiger partial charge in [-0.15, -0.1) is 0 Å². The van der Waals surface area contributed by atoms with Gasteiger partial charge in [-0.3, -0.25) is 0 Å². The van der Waals surface area contributed by atoms with Crippen molar-refractivity contribution in [1.82, 2.24) is 9.62 Å². The van der Waals surface area contributed by atoms with E-state index in [9.17, 15) is 8.42 Å². The molecule has 0 aliphatic carbocycles. The lowest BCUT2D eigenvalue weighted by Gasteiger charge is -2.20. The second-order valence-corrected chi connectivity index (χ2v) is 7.21. The fraction of sp³-hybridized carbons (Fsp3) is 0.500. The summed E-state index contributed by atoms with van der Waals surface area (Å²) in [5.41, 5.74) is 2.78. The molecule has 1 aromatic carbocycles. The highest BCUT2D eigenvalue weighted by molar-refractivity contribution is 7.88. The van der Waals surface area contributed by atoms with E-state index in [0.29, 0.717) is 13.1 Å². The normalized spacial score (nSPS) is 11.8. The maximum absolute atomic E-state index is 12.5. The Labute approximate surface area is 128 Å². The van der Waals surface area contributed by atoms with Crippen molar-refractivity contribution in [2.75, 3.05) is 19.6 Å². The number of sulfonamides is 1. The summed E-state index contributed by atoms with van der Waals surface area (Å²) >= 11 is 0. The molecule has 1 aromatic rings. The standard InChI is InChI=1S/C16H26N2O2S/c1-5-17-11-15-8-7-9-16(10-15)13-21(19,20)18(6-2)12-14(3)4/h7-10,17H,3,5-6,11-13H2,1-2,4H3. The Morgan fingerprint density at radius 1 is 1.29 bits per heavy atom. The van der Waals surface area contributed by atoms with Crippen molar-refractivity contribution in [3.63, 3.8) is 0 Å². The van der Waals surface area contributed by atoms with Gasteiger partial charge in [-0.2, -0.15) is 4.31 Å². The molecule has 0 fully saturated rings. The number of nitrogens with one attached hydrogen (secondary N) is 1. The highest BCUT2D eigenvalue weighted by Gasteiger charge is 2.20. The lowest BCUT2D eigenvalue weighted by Crippen LogP contribution is -2.33. The first-order chi connectivity index (χ1) is 9.89. The first kappa shape index (κ1) is 17.9. The van der Waals surface area contributed by atoms with Crippen LogP contribution in [0.3, 0.4) is 0 Å². The van der Waals surface area contributed by atoms with Crippen molar-refractivity contribution in [3.05, 3.63) is 47.5 Å². The summed E-state index contributed by atoms with van der Waals surface area (Å²) in [4.78, 5) is 0. The fourth-order valence-electron chi connectivity index (χ4n) is 2.11. The van der Waals surface area contributed by atoms with Crippen LogP contribution in [-0.2, 0) is 22.3 Å². The minimum atomic E-state index is -3.31. The second-order valence-electron chi connectivity index (χ2n) is 5.24. The second kappa shape index (κ2) is 8.32. The minimum absolute atomic E-state index is 0.0358. The maximum atomic E-state index is 12.5. The van der Waals surface area contributed by atoms with Gasteiger partial charge in [-0.25, -0.2) is 8.42 Å². The summed E-state index contributed by atoms with van der Waals surface area (Å²) < 4.78 is 26.4. The van der Waals surface area contributed by atoms with Crippen molar-refractivity contribution in [2.45, 2.75) is 33.1 Å². The number of rotatable bonds is 9. The Balaban J connectivity index is 2.85. The van der Waals surface area contributed by atoms with E-state index in [0.717, 1.165) is 29.8 Å². The molecule has 0 radical (unpaired) electrons. The van der Waals surface area contributed by atoms with E-state index >= 15 is 0 Å². The quantitative estimate of drug-likeness (QED) is 0.713. The van der Waals surface area contributed by atoms with Crippen LogP contribution >= 0.6 is 0 Å². The average molecular weight is 310 g/mol. The summed E-state index contributed by atoms with van der Waals surface area (Å²) in [7, 11) is -3.31. The van der Waals surface area contributed by atoms with Crippen LogP contribution in [0, 0.1) is 0 Å². The zero-order chi connectivity index (χ0) is 15.9. The third kappa shape index (κ3) is 5.99. The first-order valence-corrected chi connectivity index (χ1v) is 8.90. The fourth-order valence-corrected chi connectivity index (χ4v) is 3.70. The molecule has 0 unspecified atom stereocenters. The van der Waals surface area contributed by atoms with Gasteiger partial charge in [0, 0.05) is 19.6 Å². The zero-order valence-corrected chi connectivity index (χ0v) is 14.0. The van der Waals surface area contributed by atoms with Gasteiger partial charge in [-0.1, -0.05) is 50.3 Å². The van der Waals surface area contributed by atoms with Gasteiger partial charge in [0.15, 0.2) is 0 Å². The van der Waals surface area contributed by atoms with Crippen LogP contribution in [0.15, 0.2) is 36.4 Å². The van der Waals surface area contributed by atoms with Gasteiger partial charge in [0.05, 0.1) is 5.75 Å². The number of hydrogen-bond donors (Lipinski definition) is 1. The molecule has 1 rings (SSSR count). The molecule has 0 aliphatic rings. The Morgan fingerprint density at radius 2 is 1.95 bits per heavy atom. The first-order valence-electron chi connectivity index (χ1n) is 7.29. The van der Waals surface area contributed by atoms with E-state index in [1.807, 2.05) is 45.0 Å². The average Bonchev–Trinajstić information content (AvgIpc) is 2.42. The largest absolute Gasteiger partial charge is 0.313 e. The predicted molar refractivity (Wildman–Crippen MR) is 88.5 cm³/mol. The Morgan fingerprint density at radius 3 is 2.52 bits per heavy atom. The Hall–Kier alpha value is -1.17. The molecule has 0 aliphatic heterocycles. The van der Waals surface area contributed by atoms with E-state index in [4.69, 9.17) is 0 Å². The molecule has 0 aromatic heterocycles. The monoisotopic (exact) mass is 310 g/mol. The summed E-state index contributed by atoms with van der Waals surface area (Å²) in [6.07, 6.45) is 0. The third-order valence-electron chi connectivity index (χ3n) is 3.11. The molecular formula is C16H26N2O2S. The lowest BCUT2D eigenvalue weighted by molar-refractivity contribution is 0.452. The topological polar surface area (TPSA) is 49.4 Å². The summed E-state index contributed by atoms with van der Waals surface area (Å²) in [6.45, 7) is 12.0.